The van der Waals surface area contributed by atoms with Gasteiger partial charge in [-0.1, -0.05) is 30.3 Å². The number of carbonyl (C=O) groups excluding carboxylic acids is 1. The second-order valence-corrected chi connectivity index (χ2v) is 7.94. The van der Waals surface area contributed by atoms with Gasteiger partial charge in [-0.3, -0.25) is 9.52 Å². The van der Waals surface area contributed by atoms with Crippen LogP contribution in [0.1, 0.15) is 21.5 Å². The van der Waals surface area contributed by atoms with E-state index in [-0.39, 0.29) is 23.2 Å². The molecule has 3 rings (SSSR count). The molecule has 144 valence electrons. The summed E-state index contributed by atoms with van der Waals surface area (Å²) in [5, 5.41) is 2.72. The number of benzene rings is 3. The van der Waals surface area contributed by atoms with Crippen molar-refractivity contribution in [2.24, 2.45) is 0 Å². The number of rotatable bonds is 6. The first-order valence-electron chi connectivity index (χ1n) is 8.56. The first-order valence-corrected chi connectivity index (χ1v) is 10.0. The Morgan fingerprint density at radius 3 is 2.39 bits per heavy atom. The molecular formula is C21H19FN2O3S. The minimum Gasteiger partial charge on any atom is -0.348 e. The summed E-state index contributed by atoms with van der Waals surface area (Å²) in [6.45, 7) is 1.91. The monoisotopic (exact) mass is 398 g/mol. The Morgan fingerprint density at radius 1 is 0.964 bits per heavy atom. The zero-order chi connectivity index (χ0) is 20.1. The molecule has 0 unspecified atom stereocenters. The Morgan fingerprint density at radius 2 is 1.71 bits per heavy atom. The third-order valence-electron chi connectivity index (χ3n) is 4.13. The Hall–Kier alpha value is -3.19. The van der Waals surface area contributed by atoms with Crippen LogP contribution in [0.3, 0.4) is 0 Å². The zero-order valence-electron chi connectivity index (χ0n) is 15.1. The van der Waals surface area contributed by atoms with E-state index in [1.165, 1.54) is 30.3 Å². The molecule has 0 aliphatic rings. The van der Waals surface area contributed by atoms with Crippen molar-refractivity contribution in [1.82, 2.24) is 5.32 Å². The molecule has 0 aliphatic carbocycles. The fourth-order valence-electron chi connectivity index (χ4n) is 2.65. The highest BCUT2D eigenvalue weighted by Gasteiger charge is 2.15. The van der Waals surface area contributed by atoms with Crippen LogP contribution >= 0.6 is 0 Å². The largest absolute Gasteiger partial charge is 0.348 e. The molecule has 0 saturated heterocycles. The van der Waals surface area contributed by atoms with Crippen molar-refractivity contribution >= 4 is 21.6 Å². The summed E-state index contributed by atoms with van der Waals surface area (Å²) in [4.78, 5) is 12.5. The topological polar surface area (TPSA) is 75.3 Å². The lowest BCUT2D eigenvalue weighted by atomic mass is 10.1. The molecule has 3 aromatic carbocycles. The normalized spacial score (nSPS) is 11.1. The van der Waals surface area contributed by atoms with E-state index in [4.69, 9.17) is 0 Å². The molecule has 7 heteroatoms. The van der Waals surface area contributed by atoms with E-state index in [1.54, 1.807) is 49.4 Å². The van der Waals surface area contributed by atoms with Crippen LogP contribution in [0.25, 0.3) is 0 Å². The molecule has 0 aromatic heterocycles. The highest BCUT2D eigenvalue weighted by atomic mass is 32.2. The number of aryl methyl sites for hydroxylation is 1. The van der Waals surface area contributed by atoms with Crippen LogP contribution in [0.5, 0.6) is 0 Å². The van der Waals surface area contributed by atoms with Gasteiger partial charge in [0, 0.05) is 12.1 Å². The SMILES string of the molecule is Cc1cc(C(=O)NCc2cccc(F)c2)ccc1NS(=O)(=O)c1ccccc1. The molecule has 0 saturated carbocycles. The van der Waals surface area contributed by atoms with E-state index in [1.807, 2.05) is 0 Å². The molecule has 3 aromatic rings. The standard InChI is InChI=1S/C21H19FN2O3S/c1-15-12-17(21(25)23-14-16-6-5-7-18(22)13-16)10-11-20(15)24-28(26,27)19-8-3-2-4-9-19/h2-13,24H,14H2,1H3,(H,23,25). The number of amides is 1. The summed E-state index contributed by atoms with van der Waals surface area (Å²) in [5.41, 5.74) is 2.04. The lowest BCUT2D eigenvalue weighted by molar-refractivity contribution is 0.0951. The summed E-state index contributed by atoms with van der Waals surface area (Å²) in [6, 6.07) is 18.7. The number of hydrogen-bond donors (Lipinski definition) is 2. The fraction of sp³-hybridized carbons (Fsp3) is 0.0952. The van der Waals surface area contributed by atoms with Crippen LogP contribution in [0.2, 0.25) is 0 Å². The van der Waals surface area contributed by atoms with Crippen LogP contribution in [0.15, 0.2) is 77.7 Å². The van der Waals surface area contributed by atoms with Gasteiger partial charge in [0.1, 0.15) is 5.82 Å². The summed E-state index contributed by atoms with van der Waals surface area (Å²) >= 11 is 0. The summed E-state index contributed by atoms with van der Waals surface area (Å²) < 4.78 is 40.6. The molecule has 1 amide bonds. The van der Waals surface area contributed by atoms with Crippen molar-refractivity contribution in [2.75, 3.05) is 4.72 Å². The van der Waals surface area contributed by atoms with Crippen molar-refractivity contribution in [3.63, 3.8) is 0 Å². The second kappa shape index (κ2) is 8.22. The average Bonchev–Trinajstić information content (AvgIpc) is 2.68. The maximum atomic E-state index is 13.2. The van der Waals surface area contributed by atoms with Gasteiger partial charge in [-0.2, -0.15) is 0 Å². The van der Waals surface area contributed by atoms with E-state index in [0.717, 1.165) is 0 Å². The molecule has 0 bridgehead atoms. The molecule has 0 atom stereocenters. The van der Waals surface area contributed by atoms with Gasteiger partial charge in [0.25, 0.3) is 15.9 Å². The number of hydrogen-bond acceptors (Lipinski definition) is 3. The van der Waals surface area contributed by atoms with Gasteiger partial charge in [0.05, 0.1) is 10.6 Å². The lowest BCUT2D eigenvalue weighted by Crippen LogP contribution is -2.23. The quantitative estimate of drug-likeness (QED) is 0.662. The first-order chi connectivity index (χ1) is 13.3. The van der Waals surface area contributed by atoms with Crippen LogP contribution in [-0.2, 0) is 16.6 Å². The first kappa shape index (κ1) is 19.6. The van der Waals surface area contributed by atoms with Gasteiger partial charge in [-0.05, 0) is 60.5 Å². The van der Waals surface area contributed by atoms with Crippen LogP contribution < -0.4 is 10.0 Å². The van der Waals surface area contributed by atoms with E-state index in [9.17, 15) is 17.6 Å². The molecule has 0 heterocycles. The third kappa shape index (κ3) is 4.75. The van der Waals surface area contributed by atoms with Crippen molar-refractivity contribution in [3.8, 4) is 0 Å². The minimum atomic E-state index is -3.71. The van der Waals surface area contributed by atoms with Gasteiger partial charge in [0.2, 0.25) is 0 Å². The molecule has 2 N–H and O–H groups in total. The number of carbonyl (C=O) groups is 1. The van der Waals surface area contributed by atoms with Crippen LogP contribution in [0, 0.1) is 12.7 Å². The Kier molecular flexibility index (Phi) is 5.75. The number of halogens is 1. The van der Waals surface area contributed by atoms with E-state index in [2.05, 4.69) is 10.0 Å². The number of anilines is 1. The number of nitrogens with one attached hydrogen (secondary N) is 2. The van der Waals surface area contributed by atoms with E-state index < -0.39 is 10.0 Å². The van der Waals surface area contributed by atoms with Crippen molar-refractivity contribution < 1.29 is 17.6 Å². The van der Waals surface area contributed by atoms with Crippen LogP contribution in [-0.4, -0.2) is 14.3 Å². The van der Waals surface area contributed by atoms with Gasteiger partial charge in [-0.15, -0.1) is 0 Å². The fourth-order valence-corrected chi connectivity index (χ4v) is 3.81. The predicted molar refractivity (Wildman–Crippen MR) is 106 cm³/mol. The van der Waals surface area contributed by atoms with Gasteiger partial charge in [0.15, 0.2) is 0 Å². The number of sulfonamides is 1. The second-order valence-electron chi connectivity index (χ2n) is 6.26. The Balaban J connectivity index is 1.70. The molecule has 0 spiro atoms. The average molecular weight is 398 g/mol. The summed E-state index contributed by atoms with van der Waals surface area (Å²) in [7, 11) is -3.71. The molecule has 5 nitrogen and oxygen atoms in total. The Bertz CT molecular complexity index is 1100. The molecule has 0 radical (unpaired) electrons. The lowest BCUT2D eigenvalue weighted by Gasteiger charge is -2.12. The van der Waals surface area contributed by atoms with Crippen molar-refractivity contribution in [2.45, 2.75) is 18.4 Å². The molecule has 0 fully saturated rings. The van der Waals surface area contributed by atoms with E-state index >= 15 is 0 Å². The maximum Gasteiger partial charge on any atom is 0.261 e. The molecular weight excluding hydrogens is 379 g/mol. The predicted octanol–water partition coefficient (Wildman–Crippen LogP) is 3.86. The van der Waals surface area contributed by atoms with E-state index in [0.29, 0.717) is 22.4 Å². The van der Waals surface area contributed by atoms with Gasteiger partial charge < -0.3 is 5.32 Å². The van der Waals surface area contributed by atoms with Crippen molar-refractivity contribution in [3.05, 3.63) is 95.3 Å². The smallest absolute Gasteiger partial charge is 0.261 e. The highest BCUT2D eigenvalue weighted by molar-refractivity contribution is 7.92. The molecule has 0 aliphatic heterocycles. The minimum absolute atomic E-state index is 0.159. The summed E-state index contributed by atoms with van der Waals surface area (Å²) in [6.07, 6.45) is 0. The Labute approximate surface area is 163 Å². The third-order valence-corrected chi connectivity index (χ3v) is 5.51. The van der Waals surface area contributed by atoms with Crippen LogP contribution in [0.4, 0.5) is 10.1 Å². The molecule has 28 heavy (non-hydrogen) atoms. The van der Waals surface area contributed by atoms with Gasteiger partial charge >= 0.3 is 0 Å². The highest BCUT2D eigenvalue weighted by Crippen LogP contribution is 2.21. The maximum absolute atomic E-state index is 13.2. The van der Waals surface area contributed by atoms with Crippen molar-refractivity contribution in [1.29, 1.82) is 0 Å². The van der Waals surface area contributed by atoms with Gasteiger partial charge in [-0.25, -0.2) is 12.8 Å². The zero-order valence-corrected chi connectivity index (χ0v) is 16.0. The summed E-state index contributed by atoms with van der Waals surface area (Å²) in [5.74, 6) is -0.692.